The second kappa shape index (κ2) is 5.43. The minimum absolute atomic E-state index is 0.498. The predicted molar refractivity (Wildman–Crippen MR) is 72.9 cm³/mol. The monoisotopic (exact) mass is 262 g/mol. The van der Waals surface area contributed by atoms with E-state index in [1.54, 1.807) is 7.11 Å². The van der Waals surface area contributed by atoms with Crippen molar-refractivity contribution in [2.75, 3.05) is 13.7 Å². The summed E-state index contributed by atoms with van der Waals surface area (Å²) in [6.07, 6.45) is 0.946. The van der Waals surface area contributed by atoms with E-state index in [9.17, 15) is 5.26 Å². The molecule has 2 aromatic rings. The van der Waals surface area contributed by atoms with Gasteiger partial charge in [0.2, 0.25) is 0 Å². The summed E-state index contributed by atoms with van der Waals surface area (Å²) in [5.74, 6) is 0. The smallest absolute Gasteiger partial charge is 0.128 e. The van der Waals surface area contributed by atoms with Crippen LogP contribution in [0.15, 0.2) is 18.2 Å². The Morgan fingerprint density at radius 3 is 2.83 bits per heavy atom. The predicted octanol–water partition coefficient (Wildman–Crippen LogP) is 3.38. The molecule has 18 heavy (non-hydrogen) atoms. The molecular formula is C14H15ClN2O. The van der Waals surface area contributed by atoms with Crippen molar-refractivity contribution in [2.45, 2.75) is 19.9 Å². The third kappa shape index (κ3) is 2.10. The number of hydrogen-bond donors (Lipinski definition) is 0. The van der Waals surface area contributed by atoms with Crippen LogP contribution < -0.4 is 0 Å². The van der Waals surface area contributed by atoms with Gasteiger partial charge < -0.3 is 9.30 Å². The van der Waals surface area contributed by atoms with Crippen LogP contribution in [0.4, 0.5) is 0 Å². The Bertz CT molecular complexity index is 610. The van der Waals surface area contributed by atoms with Crippen molar-refractivity contribution in [3.05, 3.63) is 34.5 Å². The van der Waals surface area contributed by atoms with Crippen molar-refractivity contribution < 1.29 is 4.74 Å². The first-order chi connectivity index (χ1) is 8.72. The molecule has 1 aromatic heterocycles. The highest BCUT2D eigenvalue weighted by molar-refractivity contribution is 6.32. The van der Waals surface area contributed by atoms with Gasteiger partial charge in [-0.15, -0.1) is 0 Å². The maximum Gasteiger partial charge on any atom is 0.128 e. The quantitative estimate of drug-likeness (QED) is 0.847. The molecule has 0 amide bonds. The zero-order chi connectivity index (χ0) is 13.1. The maximum absolute atomic E-state index is 9.24. The van der Waals surface area contributed by atoms with Gasteiger partial charge in [-0.25, -0.2) is 0 Å². The number of hydrogen-bond acceptors (Lipinski definition) is 2. The average Bonchev–Trinajstić information content (AvgIpc) is 2.66. The first-order valence-electron chi connectivity index (χ1n) is 5.92. The number of aryl methyl sites for hydroxylation is 1. The van der Waals surface area contributed by atoms with Crippen molar-refractivity contribution in [1.29, 1.82) is 5.26 Å². The first-order valence-corrected chi connectivity index (χ1v) is 6.30. The Morgan fingerprint density at radius 1 is 1.44 bits per heavy atom. The Balaban J connectivity index is 2.65. The van der Waals surface area contributed by atoms with Crippen LogP contribution in [0.2, 0.25) is 5.15 Å². The molecule has 3 nitrogen and oxygen atoms in total. The number of rotatable bonds is 4. The normalized spacial score (nSPS) is 10.8. The van der Waals surface area contributed by atoms with Crippen molar-refractivity contribution in [1.82, 2.24) is 4.57 Å². The summed E-state index contributed by atoms with van der Waals surface area (Å²) in [5.41, 5.74) is 2.75. The van der Waals surface area contributed by atoms with E-state index in [1.165, 1.54) is 5.56 Å². The molecule has 0 saturated heterocycles. The summed E-state index contributed by atoms with van der Waals surface area (Å²) < 4.78 is 7.00. The lowest BCUT2D eigenvalue weighted by atomic mass is 10.1. The average molecular weight is 263 g/mol. The summed E-state index contributed by atoms with van der Waals surface area (Å²) in [5, 5.41) is 10.7. The zero-order valence-corrected chi connectivity index (χ0v) is 11.3. The highest BCUT2D eigenvalue weighted by Crippen LogP contribution is 2.30. The number of fused-ring (bicyclic) bond motifs is 1. The fourth-order valence-electron chi connectivity index (χ4n) is 2.10. The van der Waals surface area contributed by atoms with Crippen molar-refractivity contribution in [3.63, 3.8) is 0 Å². The summed E-state index contributed by atoms with van der Waals surface area (Å²) in [7, 11) is 1.65. The molecule has 0 fully saturated rings. The lowest BCUT2D eigenvalue weighted by molar-refractivity contribution is 0.188. The summed E-state index contributed by atoms with van der Waals surface area (Å²) in [6.45, 7) is 3.32. The van der Waals surface area contributed by atoms with Gasteiger partial charge in [-0.2, -0.15) is 5.26 Å². The molecule has 0 N–H and O–H groups in total. The molecule has 94 valence electrons. The van der Waals surface area contributed by atoms with Crippen LogP contribution >= 0.6 is 11.6 Å². The van der Waals surface area contributed by atoms with Gasteiger partial charge in [-0.1, -0.05) is 24.6 Å². The van der Waals surface area contributed by atoms with Gasteiger partial charge in [0.05, 0.1) is 17.7 Å². The number of aromatic nitrogens is 1. The van der Waals surface area contributed by atoms with Crippen LogP contribution in [0.1, 0.15) is 18.1 Å². The highest BCUT2D eigenvalue weighted by Gasteiger charge is 2.15. The number of nitriles is 1. The van der Waals surface area contributed by atoms with E-state index in [1.807, 2.05) is 16.7 Å². The summed E-state index contributed by atoms with van der Waals surface area (Å²) >= 11 is 6.27. The molecule has 0 bridgehead atoms. The van der Waals surface area contributed by atoms with Crippen molar-refractivity contribution in [3.8, 4) is 6.07 Å². The van der Waals surface area contributed by atoms with Gasteiger partial charge in [0.1, 0.15) is 11.2 Å². The van der Waals surface area contributed by atoms with E-state index < -0.39 is 0 Å². The highest BCUT2D eigenvalue weighted by atomic mass is 35.5. The van der Waals surface area contributed by atoms with Gasteiger partial charge in [-0.3, -0.25) is 0 Å². The number of ether oxygens (including phenoxy) is 1. The maximum atomic E-state index is 9.24. The molecule has 0 atom stereocenters. The van der Waals surface area contributed by atoms with E-state index in [0.717, 1.165) is 17.3 Å². The fourth-order valence-corrected chi connectivity index (χ4v) is 2.42. The second-order valence-electron chi connectivity index (χ2n) is 4.13. The van der Waals surface area contributed by atoms with Crippen LogP contribution in [0.3, 0.4) is 0 Å². The number of halogens is 1. The zero-order valence-electron chi connectivity index (χ0n) is 10.5. The van der Waals surface area contributed by atoms with E-state index in [2.05, 4.69) is 19.1 Å². The molecule has 0 aliphatic carbocycles. The van der Waals surface area contributed by atoms with Gasteiger partial charge in [0.25, 0.3) is 0 Å². The van der Waals surface area contributed by atoms with Crippen LogP contribution in [0.5, 0.6) is 0 Å². The molecule has 0 spiro atoms. The van der Waals surface area contributed by atoms with Gasteiger partial charge in [-0.05, 0) is 24.1 Å². The molecule has 2 rings (SSSR count). The number of nitrogens with zero attached hydrogens (tertiary/aromatic N) is 2. The molecule has 0 radical (unpaired) electrons. The van der Waals surface area contributed by atoms with Gasteiger partial charge >= 0.3 is 0 Å². The van der Waals surface area contributed by atoms with Crippen LogP contribution in [-0.2, 0) is 17.7 Å². The lowest BCUT2D eigenvalue weighted by Gasteiger charge is -2.06. The van der Waals surface area contributed by atoms with Crippen LogP contribution in [0, 0.1) is 11.3 Å². The molecule has 4 heteroatoms. The van der Waals surface area contributed by atoms with Crippen LogP contribution in [-0.4, -0.2) is 18.3 Å². The third-order valence-corrected chi connectivity index (χ3v) is 3.50. The Hall–Kier alpha value is -1.50. The molecule has 0 aliphatic rings. The Morgan fingerprint density at radius 2 is 2.22 bits per heavy atom. The lowest BCUT2D eigenvalue weighted by Crippen LogP contribution is -2.03. The molecule has 0 aliphatic heterocycles. The third-order valence-electron chi connectivity index (χ3n) is 3.10. The molecular weight excluding hydrogens is 248 g/mol. The molecule has 1 aromatic carbocycles. The largest absolute Gasteiger partial charge is 0.383 e. The van der Waals surface area contributed by atoms with Gasteiger partial charge in [0.15, 0.2) is 0 Å². The minimum Gasteiger partial charge on any atom is -0.383 e. The molecule has 0 saturated carbocycles. The molecule has 1 heterocycles. The topological polar surface area (TPSA) is 38.0 Å². The Labute approximate surface area is 112 Å². The first kappa shape index (κ1) is 12.9. The van der Waals surface area contributed by atoms with Crippen molar-refractivity contribution in [2.24, 2.45) is 0 Å². The fraction of sp³-hybridized carbons (Fsp3) is 0.357. The summed E-state index contributed by atoms with van der Waals surface area (Å²) in [6, 6.07) is 8.33. The Kier molecular flexibility index (Phi) is 3.90. The standard InChI is InChI=1S/C14H15ClN2O/c1-3-10-4-5-13-11(8-10)12(9-16)14(15)17(13)6-7-18-2/h4-5,8H,3,6-7H2,1-2H3. The van der Waals surface area contributed by atoms with Gasteiger partial charge in [0, 0.05) is 19.0 Å². The molecule has 0 unspecified atom stereocenters. The van der Waals surface area contributed by atoms with E-state index in [0.29, 0.717) is 23.9 Å². The minimum atomic E-state index is 0.498. The van der Waals surface area contributed by atoms with Crippen LogP contribution in [0.25, 0.3) is 10.9 Å². The van der Waals surface area contributed by atoms with E-state index in [4.69, 9.17) is 16.3 Å². The number of benzene rings is 1. The number of methoxy groups -OCH3 is 1. The van der Waals surface area contributed by atoms with E-state index >= 15 is 0 Å². The summed E-state index contributed by atoms with van der Waals surface area (Å²) in [4.78, 5) is 0. The van der Waals surface area contributed by atoms with Crippen molar-refractivity contribution >= 4 is 22.5 Å². The SMILES string of the molecule is CCc1ccc2c(c1)c(C#N)c(Cl)n2CCOC. The van der Waals surface area contributed by atoms with E-state index in [-0.39, 0.29) is 0 Å². The second-order valence-corrected chi connectivity index (χ2v) is 4.49.